The standard InChI is InChI=1S/C12H24N2OS/c1-6-9(7-2)14(5)12(15)10(8(3)4)11(13)16/h8-10H,6-7H2,1-5H3,(H2,13,16). The predicted molar refractivity (Wildman–Crippen MR) is 72.3 cm³/mol. The first-order valence-electron chi connectivity index (χ1n) is 5.92. The second-order valence-electron chi connectivity index (χ2n) is 4.54. The summed E-state index contributed by atoms with van der Waals surface area (Å²) in [6.07, 6.45) is 1.92. The van der Waals surface area contributed by atoms with E-state index in [1.165, 1.54) is 0 Å². The molecule has 0 aliphatic carbocycles. The molecule has 0 radical (unpaired) electrons. The SMILES string of the molecule is CCC(CC)N(C)C(=O)C(C(N)=S)C(C)C. The van der Waals surface area contributed by atoms with E-state index < -0.39 is 0 Å². The molecule has 0 aliphatic heterocycles. The molecule has 0 rings (SSSR count). The van der Waals surface area contributed by atoms with E-state index >= 15 is 0 Å². The summed E-state index contributed by atoms with van der Waals surface area (Å²) in [5.74, 6) is -0.126. The monoisotopic (exact) mass is 244 g/mol. The van der Waals surface area contributed by atoms with Crippen LogP contribution in [0, 0.1) is 11.8 Å². The first kappa shape index (κ1) is 15.4. The summed E-state index contributed by atoms with van der Waals surface area (Å²) in [4.78, 5) is 14.3. The van der Waals surface area contributed by atoms with Crippen molar-refractivity contribution in [1.82, 2.24) is 4.90 Å². The Morgan fingerprint density at radius 1 is 1.31 bits per heavy atom. The van der Waals surface area contributed by atoms with Crippen molar-refractivity contribution in [1.29, 1.82) is 0 Å². The number of nitrogens with zero attached hydrogens (tertiary/aromatic N) is 1. The summed E-state index contributed by atoms with van der Waals surface area (Å²) >= 11 is 4.98. The summed E-state index contributed by atoms with van der Waals surface area (Å²) in [6.45, 7) is 8.12. The quantitative estimate of drug-likeness (QED) is 0.729. The minimum Gasteiger partial charge on any atom is -0.393 e. The Morgan fingerprint density at radius 2 is 1.75 bits per heavy atom. The molecule has 1 atom stereocenters. The Morgan fingerprint density at radius 3 is 2.00 bits per heavy atom. The van der Waals surface area contributed by atoms with E-state index in [1.807, 2.05) is 20.9 Å². The van der Waals surface area contributed by atoms with E-state index in [4.69, 9.17) is 18.0 Å². The van der Waals surface area contributed by atoms with Gasteiger partial charge in [0.25, 0.3) is 0 Å². The van der Waals surface area contributed by atoms with Crippen LogP contribution in [0.1, 0.15) is 40.5 Å². The van der Waals surface area contributed by atoms with Crippen LogP contribution in [0.2, 0.25) is 0 Å². The van der Waals surface area contributed by atoms with E-state index in [-0.39, 0.29) is 23.8 Å². The molecule has 1 unspecified atom stereocenters. The van der Waals surface area contributed by atoms with Gasteiger partial charge in [-0.15, -0.1) is 0 Å². The van der Waals surface area contributed by atoms with Crippen LogP contribution in [0.4, 0.5) is 0 Å². The molecule has 0 bridgehead atoms. The third-order valence-corrected chi connectivity index (χ3v) is 3.33. The second kappa shape index (κ2) is 6.84. The predicted octanol–water partition coefficient (Wildman–Crippen LogP) is 2.19. The number of thiocarbonyl (C=S) groups is 1. The van der Waals surface area contributed by atoms with Gasteiger partial charge in [0.05, 0.1) is 10.9 Å². The maximum absolute atomic E-state index is 12.2. The van der Waals surface area contributed by atoms with Gasteiger partial charge in [0.15, 0.2) is 0 Å². The van der Waals surface area contributed by atoms with Crippen molar-refractivity contribution >= 4 is 23.1 Å². The van der Waals surface area contributed by atoms with Crippen LogP contribution in [0.25, 0.3) is 0 Å². The smallest absolute Gasteiger partial charge is 0.232 e. The molecular formula is C12H24N2OS. The molecule has 0 saturated carbocycles. The van der Waals surface area contributed by atoms with Crippen molar-refractivity contribution in [2.45, 2.75) is 46.6 Å². The van der Waals surface area contributed by atoms with E-state index in [0.717, 1.165) is 12.8 Å². The van der Waals surface area contributed by atoms with Crippen molar-refractivity contribution in [2.24, 2.45) is 17.6 Å². The number of hydrogen-bond donors (Lipinski definition) is 1. The molecule has 0 aromatic rings. The average molecular weight is 244 g/mol. The van der Waals surface area contributed by atoms with Gasteiger partial charge in [-0.2, -0.15) is 0 Å². The van der Waals surface area contributed by atoms with Gasteiger partial charge in [-0.3, -0.25) is 4.79 Å². The fourth-order valence-electron chi connectivity index (χ4n) is 1.97. The van der Waals surface area contributed by atoms with Crippen molar-refractivity contribution in [3.63, 3.8) is 0 Å². The normalized spacial score (nSPS) is 12.9. The van der Waals surface area contributed by atoms with E-state index in [2.05, 4.69) is 13.8 Å². The summed E-state index contributed by atoms with van der Waals surface area (Å²) in [7, 11) is 1.84. The van der Waals surface area contributed by atoms with Crippen LogP contribution >= 0.6 is 12.2 Å². The molecule has 4 heteroatoms. The van der Waals surface area contributed by atoms with Gasteiger partial charge in [0, 0.05) is 13.1 Å². The molecular weight excluding hydrogens is 220 g/mol. The van der Waals surface area contributed by atoms with Crippen molar-refractivity contribution in [3.05, 3.63) is 0 Å². The number of hydrogen-bond acceptors (Lipinski definition) is 2. The number of amides is 1. The maximum Gasteiger partial charge on any atom is 0.232 e. The van der Waals surface area contributed by atoms with Gasteiger partial charge in [-0.1, -0.05) is 39.9 Å². The zero-order valence-corrected chi connectivity index (χ0v) is 11.8. The van der Waals surface area contributed by atoms with Crippen LogP contribution in [0.3, 0.4) is 0 Å². The van der Waals surface area contributed by atoms with E-state index in [1.54, 1.807) is 4.90 Å². The molecule has 16 heavy (non-hydrogen) atoms. The fourth-order valence-corrected chi connectivity index (χ4v) is 2.34. The molecule has 1 amide bonds. The lowest BCUT2D eigenvalue weighted by molar-refractivity contribution is -0.135. The number of nitrogens with two attached hydrogens (primary N) is 1. The molecule has 0 fully saturated rings. The van der Waals surface area contributed by atoms with Crippen molar-refractivity contribution in [2.75, 3.05) is 7.05 Å². The van der Waals surface area contributed by atoms with Crippen molar-refractivity contribution < 1.29 is 4.79 Å². The molecule has 0 aliphatic rings. The minimum absolute atomic E-state index is 0.0520. The largest absolute Gasteiger partial charge is 0.393 e. The Hall–Kier alpha value is -0.640. The van der Waals surface area contributed by atoms with Gasteiger partial charge in [-0.05, 0) is 18.8 Å². The third kappa shape index (κ3) is 3.74. The fraction of sp³-hybridized carbons (Fsp3) is 0.833. The average Bonchev–Trinajstić information content (AvgIpc) is 2.18. The lowest BCUT2D eigenvalue weighted by atomic mass is 9.93. The van der Waals surface area contributed by atoms with Gasteiger partial charge in [0.2, 0.25) is 5.91 Å². The summed E-state index contributed by atoms with van der Waals surface area (Å²) < 4.78 is 0. The molecule has 3 nitrogen and oxygen atoms in total. The Kier molecular flexibility index (Phi) is 6.56. The maximum atomic E-state index is 12.2. The highest BCUT2D eigenvalue weighted by Crippen LogP contribution is 2.17. The molecule has 0 aromatic carbocycles. The highest BCUT2D eigenvalue weighted by Gasteiger charge is 2.29. The second-order valence-corrected chi connectivity index (χ2v) is 5.01. The summed E-state index contributed by atoms with van der Waals surface area (Å²) in [5.41, 5.74) is 5.64. The number of carbonyl (C=O) groups is 1. The van der Waals surface area contributed by atoms with Gasteiger partial charge < -0.3 is 10.6 Å². The zero-order valence-electron chi connectivity index (χ0n) is 11.0. The number of carbonyl (C=O) groups excluding carboxylic acids is 1. The molecule has 2 N–H and O–H groups in total. The van der Waals surface area contributed by atoms with E-state index in [9.17, 15) is 4.79 Å². The van der Waals surface area contributed by atoms with Crippen LogP contribution in [0.5, 0.6) is 0 Å². The Bertz CT molecular complexity index is 249. The van der Waals surface area contributed by atoms with Gasteiger partial charge in [-0.25, -0.2) is 0 Å². The molecule has 94 valence electrons. The van der Waals surface area contributed by atoms with Crippen LogP contribution in [0.15, 0.2) is 0 Å². The highest BCUT2D eigenvalue weighted by atomic mass is 32.1. The van der Waals surface area contributed by atoms with Crippen LogP contribution in [-0.4, -0.2) is 28.9 Å². The lowest BCUT2D eigenvalue weighted by Gasteiger charge is -2.31. The zero-order chi connectivity index (χ0) is 12.9. The van der Waals surface area contributed by atoms with Gasteiger partial charge in [0.1, 0.15) is 0 Å². The molecule has 0 heterocycles. The first-order chi connectivity index (χ1) is 7.36. The Balaban J connectivity index is 4.80. The molecule has 0 spiro atoms. The molecule has 0 aromatic heterocycles. The lowest BCUT2D eigenvalue weighted by Crippen LogP contribution is -2.45. The topological polar surface area (TPSA) is 46.3 Å². The number of rotatable bonds is 6. The summed E-state index contributed by atoms with van der Waals surface area (Å²) in [6, 6.07) is 0.281. The minimum atomic E-state index is -0.333. The van der Waals surface area contributed by atoms with E-state index in [0.29, 0.717) is 4.99 Å². The van der Waals surface area contributed by atoms with Gasteiger partial charge >= 0.3 is 0 Å². The van der Waals surface area contributed by atoms with Crippen LogP contribution in [-0.2, 0) is 4.79 Å². The summed E-state index contributed by atoms with van der Waals surface area (Å²) in [5, 5.41) is 0. The molecule has 0 saturated heterocycles. The highest BCUT2D eigenvalue weighted by molar-refractivity contribution is 7.80. The first-order valence-corrected chi connectivity index (χ1v) is 6.33. The van der Waals surface area contributed by atoms with Crippen molar-refractivity contribution in [3.8, 4) is 0 Å². The van der Waals surface area contributed by atoms with Crippen LogP contribution < -0.4 is 5.73 Å². The third-order valence-electron chi connectivity index (χ3n) is 3.08. The Labute approximate surface area is 104 Å².